The number of carbonyl (C=O) groups excluding carboxylic acids is 2. The summed E-state index contributed by atoms with van der Waals surface area (Å²) in [6.07, 6.45) is -5.22. The lowest BCUT2D eigenvalue weighted by Gasteiger charge is -2.30. The number of ether oxygens (including phenoxy) is 1. The van der Waals surface area contributed by atoms with Crippen LogP contribution in [0.1, 0.15) is 39.2 Å². The average molecular weight is 429 g/mol. The van der Waals surface area contributed by atoms with E-state index in [1.807, 2.05) is 30.3 Å². The Labute approximate surface area is 175 Å². The molecule has 30 heavy (non-hydrogen) atoms. The standard InChI is InChI=1S/C21H30F3N3O3/c1-19(2,3)30-18(29)26-12-7-11-25-17(28)20(21(22,23)24)10-13-27(15-20)14-16-8-5-4-6-9-16/h4-6,8-9H,7,10-15H2,1-3H3,(H,25,28)(H,26,29). The number of hydrogen-bond donors (Lipinski definition) is 2. The maximum absolute atomic E-state index is 13.9. The van der Waals surface area contributed by atoms with Crippen LogP contribution in [0, 0.1) is 5.41 Å². The first-order chi connectivity index (χ1) is 13.9. The van der Waals surface area contributed by atoms with Crippen molar-refractivity contribution >= 4 is 12.0 Å². The molecule has 1 aromatic carbocycles. The van der Waals surface area contributed by atoms with Gasteiger partial charge in [0.15, 0.2) is 5.41 Å². The quantitative estimate of drug-likeness (QED) is 0.651. The molecule has 1 heterocycles. The van der Waals surface area contributed by atoms with Gasteiger partial charge in [0.05, 0.1) is 0 Å². The first kappa shape index (κ1) is 24.0. The average Bonchev–Trinajstić information content (AvgIpc) is 3.06. The second kappa shape index (κ2) is 9.68. The maximum atomic E-state index is 13.9. The topological polar surface area (TPSA) is 70.7 Å². The van der Waals surface area contributed by atoms with Gasteiger partial charge in [-0.05, 0) is 45.7 Å². The summed E-state index contributed by atoms with van der Waals surface area (Å²) in [6, 6.07) is 9.22. The Kier molecular flexibility index (Phi) is 7.74. The summed E-state index contributed by atoms with van der Waals surface area (Å²) in [5.74, 6) is -1.01. The largest absolute Gasteiger partial charge is 0.444 e. The van der Waals surface area contributed by atoms with Gasteiger partial charge in [-0.1, -0.05) is 30.3 Å². The van der Waals surface area contributed by atoms with E-state index in [9.17, 15) is 22.8 Å². The van der Waals surface area contributed by atoms with Gasteiger partial charge in [-0.15, -0.1) is 0 Å². The summed E-state index contributed by atoms with van der Waals surface area (Å²) in [6.45, 7) is 5.60. The van der Waals surface area contributed by atoms with E-state index in [1.54, 1.807) is 25.7 Å². The van der Waals surface area contributed by atoms with Crippen LogP contribution in [0.25, 0.3) is 0 Å². The summed E-state index contributed by atoms with van der Waals surface area (Å²) in [7, 11) is 0. The number of benzene rings is 1. The molecule has 0 aliphatic carbocycles. The van der Waals surface area contributed by atoms with Crippen LogP contribution in [0.5, 0.6) is 0 Å². The fourth-order valence-corrected chi connectivity index (χ4v) is 3.37. The van der Waals surface area contributed by atoms with Gasteiger partial charge in [-0.3, -0.25) is 9.69 Å². The smallest absolute Gasteiger partial charge is 0.407 e. The molecular weight excluding hydrogens is 399 g/mol. The molecule has 2 amide bonds. The van der Waals surface area contributed by atoms with Crippen LogP contribution < -0.4 is 10.6 Å². The fraction of sp³-hybridized carbons (Fsp3) is 0.619. The lowest BCUT2D eigenvalue weighted by atomic mass is 9.85. The van der Waals surface area contributed by atoms with Crippen molar-refractivity contribution in [3.63, 3.8) is 0 Å². The predicted molar refractivity (Wildman–Crippen MR) is 107 cm³/mol. The molecule has 1 fully saturated rings. The van der Waals surface area contributed by atoms with E-state index in [1.165, 1.54) is 0 Å². The van der Waals surface area contributed by atoms with Crippen LogP contribution in [-0.2, 0) is 16.1 Å². The molecule has 0 spiro atoms. The van der Waals surface area contributed by atoms with Crippen LogP contribution in [0.15, 0.2) is 30.3 Å². The van der Waals surface area contributed by atoms with Gasteiger partial charge in [0, 0.05) is 26.2 Å². The van der Waals surface area contributed by atoms with Crippen molar-refractivity contribution in [2.24, 2.45) is 5.41 Å². The van der Waals surface area contributed by atoms with Crippen LogP contribution in [0.3, 0.4) is 0 Å². The molecule has 0 saturated carbocycles. The van der Waals surface area contributed by atoms with E-state index in [0.717, 1.165) is 5.56 Å². The zero-order valence-electron chi connectivity index (χ0n) is 17.6. The Morgan fingerprint density at radius 2 is 1.73 bits per heavy atom. The highest BCUT2D eigenvalue weighted by Crippen LogP contribution is 2.46. The number of amides is 2. The third kappa shape index (κ3) is 6.62. The monoisotopic (exact) mass is 429 g/mol. The Balaban J connectivity index is 1.85. The summed E-state index contributed by atoms with van der Waals surface area (Å²) in [5.41, 5.74) is -2.14. The number of likely N-dealkylation sites (tertiary alicyclic amines) is 1. The minimum atomic E-state index is -4.64. The first-order valence-corrected chi connectivity index (χ1v) is 10.0. The summed E-state index contributed by atoms with van der Waals surface area (Å²) in [4.78, 5) is 25.7. The first-order valence-electron chi connectivity index (χ1n) is 10.0. The second-order valence-corrected chi connectivity index (χ2v) is 8.56. The Bertz CT molecular complexity index is 720. The molecule has 1 aliphatic heterocycles. The highest BCUT2D eigenvalue weighted by molar-refractivity contribution is 5.84. The van der Waals surface area contributed by atoms with Crippen LogP contribution >= 0.6 is 0 Å². The molecule has 2 rings (SSSR count). The van der Waals surface area contributed by atoms with Crippen LogP contribution in [-0.4, -0.2) is 54.9 Å². The molecule has 0 aromatic heterocycles. The molecule has 1 aliphatic rings. The third-order valence-corrected chi connectivity index (χ3v) is 4.88. The molecule has 1 atom stereocenters. The fourth-order valence-electron chi connectivity index (χ4n) is 3.37. The van der Waals surface area contributed by atoms with E-state index < -0.39 is 29.2 Å². The van der Waals surface area contributed by atoms with E-state index in [4.69, 9.17) is 4.74 Å². The SMILES string of the molecule is CC(C)(C)OC(=O)NCCCNC(=O)C1(C(F)(F)F)CCN(Cc2ccccc2)C1. The van der Waals surface area contributed by atoms with Gasteiger partial charge in [-0.25, -0.2) is 4.79 Å². The van der Waals surface area contributed by atoms with E-state index in [-0.39, 0.29) is 32.6 Å². The number of halogens is 3. The number of carbonyl (C=O) groups is 2. The lowest BCUT2D eigenvalue weighted by Crippen LogP contribution is -2.52. The zero-order chi connectivity index (χ0) is 22.4. The Morgan fingerprint density at radius 1 is 1.10 bits per heavy atom. The third-order valence-electron chi connectivity index (χ3n) is 4.88. The Hall–Kier alpha value is -2.29. The second-order valence-electron chi connectivity index (χ2n) is 8.56. The maximum Gasteiger partial charge on any atom is 0.407 e. The van der Waals surface area contributed by atoms with E-state index >= 15 is 0 Å². The van der Waals surface area contributed by atoms with Crippen molar-refractivity contribution < 1.29 is 27.5 Å². The molecule has 9 heteroatoms. The van der Waals surface area contributed by atoms with Gasteiger partial charge in [0.1, 0.15) is 5.60 Å². The van der Waals surface area contributed by atoms with Gasteiger partial charge < -0.3 is 15.4 Å². The van der Waals surface area contributed by atoms with Gasteiger partial charge in [-0.2, -0.15) is 13.2 Å². The van der Waals surface area contributed by atoms with Gasteiger partial charge in [0.2, 0.25) is 5.91 Å². The van der Waals surface area contributed by atoms with Crippen LogP contribution in [0.4, 0.5) is 18.0 Å². The van der Waals surface area contributed by atoms with E-state index in [0.29, 0.717) is 13.0 Å². The number of hydrogen-bond acceptors (Lipinski definition) is 4. The van der Waals surface area contributed by atoms with Crippen molar-refractivity contribution in [3.05, 3.63) is 35.9 Å². The molecule has 1 unspecified atom stereocenters. The Morgan fingerprint density at radius 3 is 2.33 bits per heavy atom. The summed E-state index contributed by atoms with van der Waals surface area (Å²) >= 11 is 0. The minimum Gasteiger partial charge on any atom is -0.444 e. The van der Waals surface area contributed by atoms with Crippen molar-refractivity contribution in [2.75, 3.05) is 26.2 Å². The molecule has 1 saturated heterocycles. The number of alkyl carbamates (subject to hydrolysis) is 1. The molecule has 1 aromatic rings. The number of alkyl halides is 3. The van der Waals surface area contributed by atoms with Crippen molar-refractivity contribution in [1.82, 2.24) is 15.5 Å². The van der Waals surface area contributed by atoms with Crippen LogP contribution in [0.2, 0.25) is 0 Å². The molecule has 168 valence electrons. The number of nitrogens with one attached hydrogen (secondary N) is 2. The highest BCUT2D eigenvalue weighted by Gasteiger charge is 2.62. The van der Waals surface area contributed by atoms with Crippen molar-refractivity contribution in [1.29, 1.82) is 0 Å². The molecular formula is C21H30F3N3O3. The van der Waals surface area contributed by atoms with Gasteiger partial charge in [0.25, 0.3) is 0 Å². The molecule has 2 N–H and O–H groups in total. The molecule has 6 nitrogen and oxygen atoms in total. The molecule has 0 radical (unpaired) electrons. The normalized spacial score (nSPS) is 20.1. The number of rotatable bonds is 7. The molecule has 0 bridgehead atoms. The summed E-state index contributed by atoms with van der Waals surface area (Å²) < 4.78 is 46.6. The number of nitrogens with zero attached hydrogens (tertiary/aromatic N) is 1. The van der Waals surface area contributed by atoms with Crippen molar-refractivity contribution in [3.8, 4) is 0 Å². The van der Waals surface area contributed by atoms with E-state index in [2.05, 4.69) is 10.6 Å². The highest BCUT2D eigenvalue weighted by atomic mass is 19.4. The lowest BCUT2D eigenvalue weighted by molar-refractivity contribution is -0.218. The zero-order valence-corrected chi connectivity index (χ0v) is 17.6. The summed E-state index contributed by atoms with van der Waals surface area (Å²) in [5, 5.41) is 4.91. The van der Waals surface area contributed by atoms with Crippen molar-refractivity contribution in [2.45, 2.75) is 51.9 Å². The minimum absolute atomic E-state index is 0.0329. The van der Waals surface area contributed by atoms with Gasteiger partial charge >= 0.3 is 12.3 Å². The predicted octanol–water partition coefficient (Wildman–Crippen LogP) is 3.47.